The zero-order valence-corrected chi connectivity index (χ0v) is 9.05. The van der Waals surface area contributed by atoms with E-state index in [1.165, 1.54) is 0 Å². The van der Waals surface area contributed by atoms with Crippen LogP contribution in [-0.4, -0.2) is 11.1 Å². The first-order valence-electron chi connectivity index (χ1n) is 3.71. The lowest BCUT2D eigenvalue weighted by Gasteiger charge is -2.06. The number of carboxylic acids is 1. The largest absolute Gasteiger partial charge is 0.481 e. The molecule has 0 fully saturated rings. The Hall–Kier alpha value is -0.540. The average Bonchev–Trinajstić information content (AvgIpc) is 2.04. The van der Waals surface area contributed by atoms with E-state index in [-0.39, 0.29) is 6.42 Å². The Bertz CT molecular complexity index is 297. The lowest BCUT2D eigenvalue weighted by Crippen LogP contribution is -2.00. The first kappa shape index (κ1) is 10.5. The van der Waals surface area contributed by atoms with E-state index in [0.29, 0.717) is 0 Å². The monoisotopic (exact) mass is 262 g/mol. The molecule has 0 saturated carbocycles. The molecule has 0 radical (unpaired) electrons. The third-order valence-electron chi connectivity index (χ3n) is 1.59. The second kappa shape index (κ2) is 4.63. The van der Waals surface area contributed by atoms with Crippen LogP contribution in [0.25, 0.3) is 0 Å². The highest BCUT2D eigenvalue weighted by Crippen LogP contribution is 2.25. The Morgan fingerprint density at radius 3 is 2.46 bits per heavy atom. The second-order valence-corrected chi connectivity index (χ2v) is 4.06. The number of rotatable bonds is 3. The minimum absolute atomic E-state index is 0.0524. The van der Waals surface area contributed by atoms with Gasteiger partial charge in [-0.2, -0.15) is 0 Å². The highest BCUT2D eigenvalue weighted by atomic mass is 79.9. The van der Waals surface area contributed by atoms with Crippen molar-refractivity contribution in [2.24, 2.45) is 0 Å². The summed E-state index contributed by atoms with van der Waals surface area (Å²) in [6, 6.07) is 7.30. The molecule has 1 aromatic carbocycles. The molecule has 2 nitrogen and oxygen atoms in total. The maximum absolute atomic E-state index is 10.4. The van der Waals surface area contributed by atoms with Crippen molar-refractivity contribution < 1.29 is 9.90 Å². The van der Waals surface area contributed by atoms with Crippen LogP contribution in [0.3, 0.4) is 0 Å². The molecule has 13 heavy (non-hydrogen) atoms. The van der Waals surface area contributed by atoms with E-state index in [9.17, 15) is 4.79 Å². The summed E-state index contributed by atoms with van der Waals surface area (Å²) in [7, 11) is 0. The number of carbonyl (C=O) groups is 1. The number of hydrogen-bond donors (Lipinski definition) is 1. The van der Waals surface area contributed by atoms with Gasteiger partial charge in [-0.3, -0.25) is 4.79 Å². The van der Waals surface area contributed by atoms with Gasteiger partial charge in [0.05, 0.1) is 11.8 Å². The molecule has 4 heteroatoms. The highest BCUT2D eigenvalue weighted by Gasteiger charge is 2.11. The van der Waals surface area contributed by atoms with Gasteiger partial charge in [0, 0.05) is 4.47 Å². The Morgan fingerprint density at radius 1 is 1.46 bits per heavy atom. The predicted molar refractivity (Wildman–Crippen MR) is 55.0 cm³/mol. The van der Waals surface area contributed by atoms with Gasteiger partial charge in [0.25, 0.3) is 0 Å². The molecule has 0 saturated heterocycles. The fourth-order valence-electron chi connectivity index (χ4n) is 0.943. The quantitative estimate of drug-likeness (QED) is 0.850. The molecule has 1 rings (SSSR count). The van der Waals surface area contributed by atoms with Gasteiger partial charge in [-0.1, -0.05) is 28.1 Å². The summed E-state index contributed by atoms with van der Waals surface area (Å²) in [5, 5.41) is 8.05. The van der Waals surface area contributed by atoms with Gasteiger partial charge >= 0.3 is 5.97 Å². The summed E-state index contributed by atoms with van der Waals surface area (Å²) in [5.41, 5.74) is 0.826. The van der Waals surface area contributed by atoms with Crippen molar-refractivity contribution >= 4 is 33.5 Å². The lowest BCUT2D eigenvalue weighted by molar-refractivity contribution is -0.137. The SMILES string of the molecule is O=C(O)CC(Cl)c1ccc(Br)cc1. The number of alkyl halides is 1. The van der Waals surface area contributed by atoms with E-state index in [1.807, 2.05) is 24.3 Å². The average molecular weight is 264 g/mol. The molecule has 1 unspecified atom stereocenters. The number of aliphatic carboxylic acids is 1. The van der Waals surface area contributed by atoms with Gasteiger partial charge in [-0.25, -0.2) is 0 Å². The van der Waals surface area contributed by atoms with Crippen LogP contribution in [0.15, 0.2) is 28.7 Å². The second-order valence-electron chi connectivity index (χ2n) is 2.62. The lowest BCUT2D eigenvalue weighted by atomic mass is 10.1. The Balaban J connectivity index is 2.71. The van der Waals surface area contributed by atoms with Crippen LogP contribution in [0.2, 0.25) is 0 Å². The molecule has 0 aliphatic heterocycles. The molecule has 0 heterocycles. The van der Waals surface area contributed by atoms with Crippen LogP contribution < -0.4 is 0 Å². The van der Waals surface area contributed by atoms with Gasteiger partial charge < -0.3 is 5.11 Å². The smallest absolute Gasteiger partial charge is 0.305 e. The zero-order chi connectivity index (χ0) is 9.84. The van der Waals surface area contributed by atoms with Gasteiger partial charge in [0.15, 0.2) is 0 Å². The number of carboxylic acid groups (broad SMARTS) is 1. The Labute approximate surface area is 89.7 Å². The summed E-state index contributed by atoms with van der Waals surface area (Å²) < 4.78 is 0.954. The van der Waals surface area contributed by atoms with Crippen molar-refractivity contribution in [1.82, 2.24) is 0 Å². The first-order valence-corrected chi connectivity index (χ1v) is 4.94. The summed E-state index contributed by atoms with van der Waals surface area (Å²) in [6.07, 6.45) is -0.0524. The van der Waals surface area contributed by atoms with Gasteiger partial charge in [-0.15, -0.1) is 11.6 Å². The number of hydrogen-bond acceptors (Lipinski definition) is 1. The van der Waals surface area contributed by atoms with E-state index in [4.69, 9.17) is 16.7 Å². The van der Waals surface area contributed by atoms with Crippen molar-refractivity contribution in [3.8, 4) is 0 Å². The van der Waals surface area contributed by atoms with Crippen molar-refractivity contribution in [3.63, 3.8) is 0 Å². The standard InChI is InChI=1S/C9H8BrClO2/c10-7-3-1-6(2-4-7)8(11)5-9(12)13/h1-4,8H,5H2,(H,12,13). The van der Waals surface area contributed by atoms with E-state index in [1.54, 1.807) is 0 Å². The summed E-state index contributed by atoms with van der Waals surface area (Å²) >= 11 is 9.14. The van der Waals surface area contributed by atoms with E-state index >= 15 is 0 Å². The van der Waals surface area contributed by atoms with Crippen LogP contribution in [0.4, 0.5) is 0 Å². The molecular formula is C9H8BrClO2. The molecule has 0 amide bonds. The maximum atomic E-state index is 10.4. The highest BCUT2D eigenvalue weighted by molar-refractivity contribution is 9.10. The predicted octanol–water partition coefficient (Wildman–Crippen LogP) is 3.20. The van der Waals surface area contributed by atoms with Gasteiger partial charge in [-0.05, 0) is 17.7 Å². The van der Waals surface area contributed by atoms with Crippen LogP contribution in [-0.2, 0) is 4.79 Å². The van der Waals surface area contributed by atoms with Crippen LogP contribution in [0.1, 0.15) is 17.4 Å². The topological polar surface area (TPSA) is 37.3 Å². The molecule has 0 aromatic heterocycles. The summed E-state index contributed by atoms with van der Waals surface area (Å²) in [5.74, 6) is -0.886. The van der Waals surface area contributed by atoms with Crippen molar-refractivity contribution in [2.45, 2.75) is 11.8 Å². The number of benzene rings is 1. The third kappa shape index (κ3) is 3.36. The molecule has 1 N–H and O–H groups in total. The minimum Gasteiger partial charge on any atom is -0.481 e. The molecule has 0 aliphatic carbocycles. The van der Waals surface area contributed by atoms with Crippen LogP contribution in [0.5, 0.6) is 0 Å². The molecule has 1 atom stereocenters. The number of halogens is 2. The van der Waals surface area contributed by atoms with Gasteiger partial charge in [0.1, 0.15) is 0 Å². The van der Waals surface area contributed by atoms with E-state index in [2.05, 4.69) is 15.9 Å². The molecule has 70 valence electrons. The third-order valence-corrected chi connectivity index (χ3v) is 2.52. The van der Waals surface area contributed by atoms with Gasteiger partial charge in [0.2, 0.25) is 0 Å². The van der Waals surface area contributed by atoms with Crippen molar-refractivity contribution in [2.75, 3.05) is 0 Å². The normalized spacial score (nSPS) is 12.5. The van der Waals surface area contributed by atoms with E-state index in [0.717, 1.165) is 10.0 Å². The molecule has 0 aliphatic rings. The van der Waals surface area contributed by atoms with E-state index < -0.39 is 11.3 Å². The summed E-state index contributed by atoms with van der Waals surface area (Å²) in [6.45, 7) is 0. The fourth-order valence-corrected chi connectivity index (χ4v) is 1.48. The van der Waals surface area contributed by atoms with Crippen LogP contribution in [0, 0.1) is 0 Å². The van der Waals surface area contributed by atoms with Crippen molar-refractivity contribution in [1.29, 1.82) is 0 Å². The Morgan fingerprint density at radius 2 is 2.00 bits per heavy atom. The maximum Gasteiger partial charge on any atom is 0.305 e. The van der Waals surface area contributed by atoms with Crippen LogP contribution >= 0.6 is 27.5 Å². The molecular weight excluding hydrogens is 255 g/mol. The van der Waals surface area contributed by atoms with Crippen molar-refractivity contribution in [3.05, 3.63) is 34.3 Å². The zero-order valence-electron chi connectivity index (χ0n) is 6.71. The molecule has 1 aromatic rings. The molecule has 0 spiro atoms. The minimum atomic E-state index is -0.886. The summed E-state index contributed by atoms with van der Waals surface area (Å²) in [4.78, 5) is 10.4. The molecule has 0 bridgehead atoms. The fraction of sp³-hybridized carbons (Fsp3) is 0.222. The Kier molecular flexibility index (Phi) is 3.75. The first-order chi connectivity index (χ1) is 6.09.